The third-order valence-corrected chi connectivity index (χ3v) is 4.95. The van der Waals surface area contributed by atoms with Gasteiger partial charge in [-0.25, -0.2) is 3.71 Å². The topological polar surface area (TPSA) is 46.6 Å². The highest BCUT2D eigenvalue weighted by Crippen LogP contribution is 2.19. The van der Waals surface area contributed by atoms with Crippen LogP contribution in [0.2, 0.25) is 0 Å². The van der Waals surface area contributed by atoms with Crippen LogP contribution >= 0.6 is 36.1 Å². The van der Waals surface area contributed by atoms with E-state index >= 15 is 0 Å². The Kier molecular flexibility index (Phi) is 6.92. The minimum atomic E-state index is -3.51. The van der Waals surface area contributed by atoms with E-state index in [4.69, 9.17) is 16.4 Å². The Balaban J connectivity index is 4.31. The number of thiocarbonyl (C=S) groups is 1. The van der Waals surface area contributed by atoms with Crippen molar-refractivity contribution in [2.45, 2.75) is 13.3 Å². The molecular formula is C6H13NO3S4. The maximum absolute atomic E-state index is 11.2. The molecule has 0 bridgehead atoms. The standard InChI is InChI=1S/C6H13NO3S4/c1-4-5-14(8,9)10-6(11)7(12-2)13-3/h4-5H2,1-3H3. The Hall–Kier alpha value is 0.340. The average molecular weight is 275 g/mol. The second kappa shape index (κ2) is 6.76. The van der Waals surface area contributed by atoms with Crippen LogP contribution in [0.25, 0.3) is 0 Å². The van der Waals surface area contributed by atoms with E-state index in [0.717, 1.165) is 0 Å². The molecule has 0 spiro atoms. The van der Waals surface area contributed by atoms with Crippen molar-refractivity contribution in [3.8, 4) is 0 Å². The summed E-state index contributed by atoms with van der Waals surface area (Å²) in [5.74, 6) is -0.0102. The van der Waals surface area contributed by atoms with E-state index in [-0.39, 0.29) is 10.9 Å². The van der Waals surface area contributed by atoms with Crippen molar-refractivity contribution in [3.63, 3.8) is 0 Å². The van der Waals surface area contributed by atoms with Gasteiger partial charge >= 0.3 is 10.1 Å². The van der Waals surface area contributed by atoms with Crippen molar-refractivity contribution in [1.82, 2.24) is 3.71 Å². The number of nitrogens with zero attached hydrogens (tertiary/aromatic N) is 1. The highest BCUT2D eigenvalue weighted by atomic mass is 32.2. The van der Waals surface area contributed by atoms with E-state index in [2.05, 4.69) is 0 Å². The van der Waals surface area contributed by atoms with Crippen molar-refractivity contribution in [2.75, 3.05) is 18.3 Å². The van der Waals surface area contributed by atoms with Crippen molar-refractivity contribution < 1.29 is 12.6 Å². The Labute approximate surface area is 99.1 Å². The Morgan fingerprint density at radius 3 is 2.29 bits per heavy atom. The van der Waals surface area contributed by atoms with Crippen LogP contribution in [0.4, 0.5) is 0 Å². The molecule has 0 atom stereocenters. The Morgan fingerprint density at radius 2 is 1.93 bits per heavy atom. The van der Waals surface area contributed by atoms with Crippen molar-refractivity contribution in [3.05, 3.63) is 0 Å². The smallest absolute Gasteiger partial charge is 0.311 e. The van der Waals surface area contributed by atoms with Crippen LogP contribution in [0.3, 0.4) is 0 Å². The molecule has 4 nitrogen and oxygen atoms in total. The lowest BCUT2D eigenvalue weighted by Gasteiger charge is -2.17. The summed E-state index contributed by atoms with van der Waals surface area (Å²) >= 11 is 7.42. The van der Waals surface area contributed by atoms with Crippen LogP contribution in [0.1, 0.15) is 13.3 Å². The van der Waals surface area contributed by atoms with E-state index in [1.807, 2.05) is 0 Å². The summed E-state index contributed by atoms with van der Waals surface area (Å²) in [5.41, 5.74) is 0. The number of hydrogen-bond acceptors (Lipinski definition) is 6. The molecule has 14 heavy (non-hydrogen) atoms. The molecule has 0 heterocycles. The second-order valence-corrected chi connectivity index (χ2v) is 5.96. The summed E-state index contributed by atoms with van der Waals surface area (Å²) in [6, 6.07) is 0. The van der Waals surface area contributed by atoms with Crippen LogP contribution in [0.5, 0.6) is 0 Å². The van der Waals surface area contributed by atoms with Crippen LogP contribution in [-0.4, -0.2) is 35.6 Å². The molecule has 0 unspecified atom stereocenters. The average Bonchev–Trinajstić information content (AvgIpc) is 2.04. The molecular weight excluding hydrogens is 262 g/mol. The molecule has 0 aliphatic rings. The fourth-order valence-electron chi connectivity index (χ4n) is 0.654. The Bertz CT molecular complexity index is 273. The van der Waals surface area contributed by atoms with Crippen molar-refractivity contribution in [2.24, 2.45) is 0 Å². The molecule has 0 N–H and O–H groups in total. The van der Waals surface area contributed by atoms with Gasteiger partial charge < -0.3 is 4.18 Å². The van der Waals surface area contributed by atoms with Gasteiger partial charge in [0.2, 0.25) is 0 Å². The summed E-state index contributed by atoms with van der Waals surface area (Å²) < 4.78 is 28.7. The highest BCUT2D eigenvalue weighted by molar-refractivity contribution is 8.13. The highest BCUT2D eigenvalue weighted by Gasteiger charge is 2.17. The van der Waals surface area contributed by atoms with E-state index < -0.39 is 10.1 Å². The quantitative estimate of drug-likeness (QED) is 0.431. The van der Waals surface area contributed by atoms with Gasteiger partial charge in [0.25, 0.3) is 5.17 Å². The van der Waals surface area contributed by atoms with Gasteiger partial charge in [-0.3, -0.25) is 0 Å². The first kappa shape index (κ1) is 14.3. The zero-order valence-electron chi connectivity index (χ0n) is 8.22. The number of rotatable bonds is 5. The van der Waals surface area contributed by atoms with Gasteiger partial charge in [-0.05, 0) is 42.5 Å². The van der Waals surface area contributed by atoms with Crippen molar-refractivity contribution in [1.29, 1.82) is 0 Å². The van der Waals surface area contributed by atoms with Gasteiger partial charge in [0.15, 0.2) is 0 Å². The van der Waals surface area contributed by atoms with Gasteiger partial charge in [0.05, 0.1) is 5.75 Å². The SMILES string of the molecule is CCCS(=O)(=O)OC(=S)N(SC)SC. The van der Waals surface area contributed by atoms with Gasteiger partial charge in [-0.15, -0.1) is 0 Å². The second-order valence-electron chi connectivity index (χ2n) is 2.23. The maximum atomic E-state index is 11.2. The normalized spacial score (nSPS) is 11.1. The molecule has 0 radical (unpaired) electrons. The van der Waals surface area contributed by atoms with Crippen LogP contribution in [0, 0.1) is 0 Å². The lowest BCUT2D eigenvalue weighted by atomic mass is 10.6. The zero-order valence-corrected chi connectivity index (χ0v) is 11.5. The lowest BCUT2D eigenvalue weighted by Crippen LogP contribution is -2.23. The van der Waals surface area contributed by atoms with Gasteiger partial charge in [-0.2, -0.15) is 8.42 Å². The van der Waals surface area contributed by atoms with Crippen LogP contribution < -0.4 is 0 Å². The molecule has 0 aliphatic carbocycles. The fourth-order valence-corrected chi connectivity index (χ4v) is 3.35. The summed E-state index contributed by atoms with van der Waals surface area (Å²) in [5, 5.41) is -0.0292. The molecule has 8 heteroatoms. The van der Waals surface area contributed by atoms with E-state index in [0.29, 0.717) is 6.42 Å². The van der Waals surface area contributed by atoms with E-state index in [1.54, 1.807) is 19.4 Å². The molecule has 0 aromatic rings. The molecule has 0 rings (SSSR count). The van der Waals surface area contributed by atoms with Crippen LogP contribution in [0.15, 0.2) is 0 Å². The summed E-state index contributed by atoms with van der Waals surface area (Å²) in [4.78, 5) is 0. The van der Waals surface area contributed by atoms with Gasteiger partial charge in [0, 0.05) is 12.5 Å². The molecule has 0 aromatic heterocycles. The summed E-state index contributed by atoms with van der Waals surface area (Å²) in [6.07, 6.45) is 4.10. The molecule has 0 aromatic carbocycles. The predicted molar refractivity (Wildman–Crippen MR) is 66.6 cm³/mol. The largest absolute Gasteiger partial charge is 0.351 e. The minimum absolute atomic E-state index is 0.0102. The molecule has 0 saturated carbocycles. The lowest BCUT2D eigenvalue weighted by molar-refractivity contribution is 0.473. The summed E-state index contributed by atoms with van der Waals surface area (Å²) in [7, 11) is -3.51. The van der Waals surface area contributed by atoms with E-state index in [9.17, 15) is 8.42 Å². The molecule has 0 saturated heterocycles. The minimum Gasteiger partial charge on any atom is -0.351 e. The molecule has 0 aliphatic heterocycles. The molecule has 84 valence electrons. The van der Waals surface area contributed by atoms with Crippen molar-refractivity contribution >= 4 is 51.4 Å². The predicted octanol–water partition coefficient (Wildman–Crippen LogP) is 1.89. The first-order valence-electron chi connectivity index (χ1n) is 3.81. The first-order valence-corrected chi connectivity index (χ1v) is 8.16. The Morgan fingerprint density at radius 1 is 1.43 bits per heavy atom. The third kappa shape index (κ3) is 5.28. The molecule has 0 amide bonds. The summed E-state index contributed by atoms with van der Waals surface area (Å²) in [6.45, 7) is 1.77. The van der Waals surface area contributed by atoms with Gasteiger partial charge in [-0.1, -0.05) is 6.92 Å². The number of hydrogen-bond donors (Lipinski definition) is 0. The first-order chi connectivity index (χ1) is 6.46. The van der Waals surface area contributed by atoms with E-state index in [1.165, 1.54) is 27.6 Å². The zero-order chi connectivity index (χ0) is 11.2. The van der Waals surface area contributed by atoms with Crippen LogP contribution in [-0.2, 0) is 14.3 Å². The fraction of sp³-hybridized carbons (Fsp3) is 0.833. The maximum Gasteiger partial charge on any atom is 0.311 e. The molecule has 0 fully saturated rings. The third-order valence-electron chi connectivity index (χ3n) is 1.13. The monoisotopic (exact) mass is 275 g/mol. The van der Waals surface area contributed by atoms with Gasteiger partial charge in [0.1, 0.15) is 0 Å².